The Morgan fingerprint density at radius 1 is 1.26 bits per heavy atom. The Morgan fingerprint density at radius 3 is 2.89 bits per heavy atom. The fraction of sp³-hybridized carbons (Fsp3) is 0.316. The Bertz CT molecular complexity index is 957. The standard InChI is InChI=1S/C19H19N5O3/c1-13-5-2-3-10-23(13)16-8-7-14(11-17(16)24(25)26)19-21-18(22-27-19)15-6-4-9-20-12-15/h4,6-9,11-13H,2-3,5,10H2,1H3/t13-/m1/s1. The first-order chi connectivity index (χ1) is 13.1. The van der Waals surface area contributed by atoms with Gasteiger partial charge in [-0.2, -0.15) is 4.98 Å². The molecular formula is C19H19N5O3. The Hall–Kier alpha value is -3.29. The zero-order valence-electron chi connectivity index (χ0n) is 14.9. The third kappa shape index (κ3) is 3.38. The summed E-state index contributed by atoms with van der Waals surface area (Å²) in [5, 5.41) is 15.6. The van der Waals surface area contributed by atoms with Crippen LogP contribution < -0.4 is 4.90 Å². The molecule has 8 heteroatoms. The van der Waals surface area contributed by atoms with Crippen LogP contribution >= 0.6 is 0 Å². The molecule has 138 valence electrons. The molecule has 0 spiro atoms. The van der Waals surface area contributed by atoms with Crippen molar-refractivity contribution in [1.29, 1.82) is 0 Å². The van der Waals surface area contributed by atoms with Gasteiger partial charge in [0.15, 0.2) is 0 Å². The molecule has 1 aliphatic rings. The number of hydrogen-bond acceptors (Lipinski definition) is 7. The van der Waals surface area contributed by atoms with Gasteiger partial charge in [-0.05, 0) is 50.5 Å². The second-order valence-electron chi connectivity index (χ2n) is 6.66. The SMILES string of the molecule is C[C@@H]1CCCCN1c1ccc(-c2nc(-c3cccnc3)no2)cc1[N+](=O)[O-]. The van der Waals surface area contributed by atoms with Crippen molar-refractivity contribution in [3.05, 3.63) is 52.8 Å². The van der Waals surface area contributed by atoms with E-state index in [9.17, 15) is 10.1 Å². The monoisotopic (exact) mass is 365 g/mol. The minimum absolute atomic E-state index is 0.0578. The first-order valence-electron chi connectivity index (χ1n) is 8.93. The van der Waals surface area contributed by atoms with Gasteiger partial charge < -0.3 is 9.42 Å². The van der Waals surface area contributed by atoms with E-state index < -0.39 is 0 Å². The zero-order chi connectivity index (χ0) is 18.8. The molecule has 1 aliphatic heterocycles. The quantitative estimate of drug-likeness (QED) is 0.507. The van der Waals surface area contributed by atoms with Crippen molar-refractivity contribution in [3.63, 3.8) is 0 Å². The highest BCUT2D eigenvalue weighted by Gasteiger charge is 2.26. The number of benzene rings is 1. The topological polar surface area (TPSA) is 98.2 Å². The lowest BCUT2D eigenvalue weighted by Gasteiger charge is -2.35. The van der Waals surface area contributed by atoms with Gasteiger partial charge in [0.2, 0.25) is 5.82 Å². The van der Waals surface area contributed by atoms with Crippen molar-refractivity contribution in [2.75, 3.05) is 11.4 Å². The molecule has 3 heterocycles. The zero-order valence-corrected chi connectivity index (χ0v) is 14.9. The molecule has 1 aromatic carbocycles. The molecule has 0 aliphatic carbocycles. The molecule has 3 aromatic rings. The van der Waals surface area contributed by atoms with Crippen LogP contribution in [0.3, 0.4) is 0 Å². The minimum atomic E-state index is -0.349. The van der Waals surface area contributed by atoms with Crippen LogP contribution in [0, 0.1) is 10.1 Å². The van der Waals surface area contributed by atoms with Gasteiger partial charge in [-0.15, -0.1) is 0 Å². The molecule has 0 bridgehead atoms. The van der Waals surface area contributed by atoms with Gasteiger partial charge in [0.1, 0.15) is 5.69 Å². The number of pyridine rings is 1. The molecule has 0 unspecified atom stereocenters. The van der Waals surface area contributed by atoms with E-state index in [1.165, 1.54) is 6.07 Å². The van der Waals surface area contributed by atoms with Crippen molar-refractivity contribution in [3.8, 4) is 22.8 Å². The maximum atomic E-state index is 11.7. The molecule has 0 radical (unpaired) electrons. The predicted octanol–water partition coefficient (Wildman–Crippen LogP) is 4.09. The number of nitro benzene ring substituents is 1. The van der Waals surface area contributed by atoms with Gasteiger partial charge in [0.25, 0.3) is 11.6 Å². The molecule has 0 N–H and O–H groups in total. The predicted molar refractivity (Wildman–Crippen MR) is 100 cm³/mol. The first kappa shape index (κ1) is 17.1. The lowest BCUT2D eigenvalue weighted by Crippen LogP contribution is -2.37. The van der Waals surface area contributed by atoms with Gasteiger partial charge in [-0.25, -0.2) is 0 Å². The molecule has 1 saturated heterocycles. The van der Waals surface area contributed by atoms with Crippen LogP contribution in [-0.4, -0.2) is 32.6 Å². The highest BCUT2D eigenvalue weighted by atomic mass is 16.6. The number of hydrogen-bond donors (Lipinski definition) is 0. The smallest absolute Gasteiger partial charge is 0.293 e. The molecule has 1 fully saturated rings. The molecule has 27 heavy (non-hydrogen) atoms. The van der Waals surface area contributed by atoms with Gasteiger partial charge >= 0.3 is 0 Å². The molecular weight excluding hydrogens is 346 g/mol. The van der Waals surface area contributed by atoms with E-state index in [0.29, 0.717) is 17.1 Å². The lowest BCUT2D eigenvalue weighted by molar-refractivity contribution is -0.384. The minimum Gasteiger partial charge on any atom is -0.363 e. The first-order valence-corrected chi connectivity index (χ1v) is 8.93. The number of nitro groups is 1. The van der Waals surface area contributed by atoms with Crippen LogP contribution in [0.15, 0.2) is 47.2 Å². The summed E-state index contributed by atoms with van der Waals surface area (Å²) in [7, 11) is 0. The lowest BCUT2D eigenvalue weighted by atomic mass is 10.0. The van der Waals surface area contributed by atoms with Crippen LogP contribution in [-0.2, 0) is 0 Å². The van der Waals surface area contributed by atoms with Crippen molar-refractivity contribution in [2.24, 2.45) is 0 Å². The summed E-state index contributed by atoms with van der Waals surface area (Å²) in [5.41, 5.74) is 1.95. The molecule has 4 rings (SSSR count). The van der Waals surface area contributed by atoms with Gasteiger partial charge in [-0.1, -0.05) is 5.16 Å². The summed E-state index contributed by atoms with van der Waals surface area (Å²) >= 11 is 0. The van der Waals surface area contributed by atoms with Crippen molar-refractivity contribution < 1.29 is 9.45 Å². The van der Waals surface area contributed by atoms with E-state index in [1.807, 2.05) is 6.07 Å². The second-order valence-corrected chi connectivity index (χ2v) is 6.66. The van der Waals surface area contributed by atoms with E-state index in [-0.39, 0.29) is 22.5 Å². The fourth-order valence-corrected chi connectivity index (χ4v) is 3.45. The summed E-state index contributed by atoms with van der Waals surface area (Å²) in [4.78, 5) is 21.8. The van der Waals surface area contributed by atoms with Crippen LogP contribution in [0.5, 0.6) is 0 Å². The summed E-state index contributed by atoms with van der Waals surface area (Å²) in [6.07, 6.45) is 6.53. The van der Waals surface area contributed by atoms with E-state index >= 15 is 0 Å². The molecule has 0 saturated carbocycles. The van der Waals surface area contributed by atoms with Gasteiger partial charge in [-0.3, -0.25) is 15.1 Å². The summed E-state index contributed by atoms with van der Waals surface area (Å²) in [6.45, 7) is 2.93. The van der Waals surface area contributed by atoms with E-state index in [4.69, 9.17) is 4.52 Å². The number of anilines is 1. The van der Waals surface area contributed by atoms with Crippen molar-refractivity contribution in [1.82, 2.24) is 15.1 Å². The Kier molecular flexibility index (Phi) is 4.53. The largest absolute Gasteiger partial charge is 0.363 e. The van der Waals surface area contributed by atoms with Crippen LogP contribution in [0.4, 0.5) is 11.4 Å². The second kappa shape index (κ2) is 7.14. The highest BCUT2D eigenvalue weighted by Crippen LogP contribution is 2.36. The molecule has 0 amide bonds. The average Bonchev–Trinajstić information content (AvgIpc) is 3.19. The molecule has 1 atom stereocenters. The number of aromatic nitrogens is 3. The summed E-state index contributed by atoms with van der Waals surface area (Å²) < 4.78 is 5.32. The van der Waals surface area contributed by atoms with Gasteiger partial charge in [0.05, 0.1) is 4.92 Å². The maximum absolute atomic E-state index is 11.7. The van der Waals surface area contributed by atoms with E-state index in [1.54, 1.807) is 30.6 Å². The van der Waals surface area contributed by atoms with Crippen LogP contribution in [0.25, 0.3) is 22.8 Å². The third-order valence-corrected chi connectivity index (χ3v) is 4.88. The van der Waals surface area contributed by atoms with Crippen LogP contribution in [0.1, 0.15) is 26.2 Å². The van der Waals surface area contributed by atoms with Crippen molar-refractivity contribution >= 4 is 11.4 Å². The Morgan fingerprint density at radius 2 is 2.15 bits per heavy atom. The Balaban J connectivity index is 1.70. The number of piperidine rings is 1. The summed E-state index contributed by atoms with van der Waals surface area (Å²) in [5.74, 6) is 0.643. The number of rotatable bonds is 4. The van der Waals surface area contributed by atoms with Crippen LogP contribution in [0.2, 0.25) is 0 Å². The number of nitrogens with zero attached hydrogens (tertiary/aromatic N) is 5. The maximum Gasteiger partial charge on any atom is 0.293 e. The Labute approximate surface area is 156 Å². The third-order valence-electron chi connectivity index (χ3n) is 4.88. The fourth-order valence-electron chi connectivity index (χ4n) is 3.45. The van der Waals surface area contributed by atoms with Crippen molar-refractivity contribution in [2.45, 2.75) is 32.2 Å². The van der Waals surface area contributed by atoms with Gasteiger partial charge in [0, 0.05) is 42.2 Å². The van der Waals surface area contributed by atoms with E-state index in [2.05, 4.69) is 26.9 Å². The highest BCUT2D eigenvalue weighted by molar-refractivity contribution is 5.72. The molecule has 2 aromatic heterocycles. The normalized spacial score (nSPS) is 17.1. The summed E-state index contributed by atoms with van der Waals surface area (Å²) in [6, 6.07) is 8.98. The average molecular weight is 365 g/mol. The molecule has 8 nitrogen and oxygen atoms in total. The van der Waals surface area contributed by atoms with E-state index in [0.717, 1.165) is 31.4 Å².